The Morgan fingerprint density at radius 1 is 1.10 bits per heavy atom. The molecule has 0 unspecified atom stereocenters. The van der Waals surface area contributed by atoms with Gasteiger partial charge in [-0.05, 0) is 77.8 Å². The zero-order valence-electron chi connectivity index (χ0n) is 13.4. The second kappa shape index (κ2) is 4.95. The smallest absolute Gasteiger partial charge is 0.109 e. The van der Waals surface area contributed by atoms with Crippen molar-refractivity contribution in [1.29, 1.82) is 0 Å². The number of halogens is 1. The first-order valence-electron chi connectivity index (χ1n) is 8.35. The van der Waals surface area contributed by atoms with Gasteiger partial charge in [0.15, 0.2) is 0 Å². The fourth-order valence-electron chi connectivity index (χ4n) is 4.39. The molecule has 1 saturated heterocycles. The Bertz CT molecular complexity index is 344. The van der Waals surface area contributed by atoms with Crippen LogP contribution in [0.5, 0.6) is 0 Å². The summed E-state index contributed by atoms with van der Waals surface area (Å²) in [5, 5.41) is 0. The number of hydrogen-bond donors (Lipinski definition) is 0. The van der Waals surface area contributed by atoms with Gasteiger partial charge in [0.1, 0.15) is 5.67 Å². The van der Waals surface area contributed by atoms with Crippen molar-refractivity contribution in [3.63, 3.8) is 0 Å². The van der Waals surface area contributed by atoms with Gasteiger partial charge >= 0.3 is 0 Å². The van der Waals surface area contributed by atoms with Crippen molar-refractivity contribution in [2.75, 3.05) is 26.2 Å². The quantitative estimate of drug-likeness (QED) is 0.761. The van der Waals surface area contributed by atoms with Crippen LogP contribution in [0.2, 0.25) is 0 Å². The van der Waals surface area contributed by atoms with Crippen LogP contribution in [0.4, 0.5) is 4.39 Å². The number of alkyl halides is 1. The molecule has 20 heavy (non-hydrogen) atoms. The summed E-state index contributed by atoms with van der Waals surface area (Å²) < 4.78 is 19.6. The molecule has 1 spiro atoms. The van der Waals surface area contributed by atoms with Gasteiger partial charge in [0, 0.05) is 12.0 Å². The van der Waals surface area contributed by atoms with E-state index in [1.165, 1.54) is 45.3 Å². The second-order valence-electron chi connectivity index (χ2n) is 8.40. The number of rotatable bonds is 5. The van der Waals surface area contributed by atoms with E-state index in [4.69, 9.17) is 4.74 Å². The fourth-order valence-corrected chi connectivity index (χ4v) is 4.39. The van der Waals surface area contributed by atoms with Gasteiger partial charge in [-0.1, -0.05) is 0 Å². The number of hydrogen-bond acceptors (Lipinski definition) is 2. The molecule has 0 atom stereocenters. The van der Waals surface area contributed by atoms with Crippen molar-refractivity contribution >= 4 is 0 Å². The Hall–Kier alpha value is -0.150. The molecule has 3 aliphatic rings. The van der Waals surface area contributed by atoms with Crippen LogP contribution in [0.3, 0.4) is 0 Å². The Morgan fingerprint density at radius 3 is 2.15 bits per heavy atom. The SMILES string of the molecule is CC(C)OCC1(CN2CCC3(CC2)CC(C)(F)C3)CC1. The van der Waals surface area contributed by atoms with Crippen molar-refractivity contribution in [3.05, 3.63) is 0 Å². The molecule has 2 aliphatic carbocycles. The van der Waals surface area contributed by atoms with E-state index in [0.717, 1.165) is 19.4 Å². The Morgan fingerprint density at radius 2 is 1.70 bits per heavy atom. The highest BCUT2D eigenvalue weighted by Gasteiger charge is 2.54. The lowest BCUT2D eigenvalue weighted by atomic mass is 9.56. The Labute approximate surface area is 123 Å². The summed E-state index contributed by atoms with van der Waals surface area (Å²) in [6, 6.07) is 0. The van der Waals surface area contributed by atoms with Crippen LogP contribution in [0, 0.1) is 10.8 Å². The highest BCUT2D eigenvalue weighted by molar-refractivity contribution is 5.05. The summed E-state index contributed by atoms with van der Waals surface area (Å²) in [7, 11) is 0. The average molecular weight is 283 g/mol. The summed E-state index contributed by atoms with van der Waals surface area (Å²) >= 11 is 0. The molecule has 1 heterocycles. The van der Waals surface area contributed by atoms with E-state index in [-0.39, 0.29) is 0 Å². The minimum atomic E-state index is -0.870. The monoisotopic (exact) mass is 283 g/mol. The first-order valence-corrected chi connectivity index (χ1v) is 8.35. The zero-order valence-corrected chi connectivity index (χ0v) is 13.4. The van der Waals surface area contributed by atoms with Gasteiger partial charge in [0.25, 0.3) is 0 Å². The molecule has 0 aromatic carbocycles. The van der Waals surface area contributed by atoms with Gasteiger partial charge in [-0.15, -0.1) is 0 Å². The molecule has 0 N–H and O–H groups in total. The zero-order chi connectivity index (χ0) is 14.4. The van der Waals surface area contributed by atoms with Gasteiger partial charge in [0.05, 0.1) is 12.7 Å². The van der Waals surface area contributed by atoms with E-state index in [0.29, 0.717) is 16.9 Å². The molecule has 0 bridgehead atoms. The van der Waals surface area contributed by atoms with Crippen molar-refractivity contribution < 1.29 is 9.13 Å². The van der Waals surface area contributed by atoms with Crippen molar-refractivity contribution in [3.8, 4) is 0 Å². The number of nitrogens with zero attached hydrogens (tertiary/aromatic N) is 1. The van der Waals surface area contributed by atoms with Crippen LogP contribution in [0.25, 0.3) is 0 Å². The highest BCUT2D eigenvalue weighted by Crippen LogP contribution is 2.57. The summed E-state index contributed by atoms with van der Waals surface area (Å²) in [6.07, 6.45) is 6.99. The molecule has 0 aromatic rings. The summed E-state index contributed by atoms with van der Waals surface area (Å²) in [6.45, 7) is 10.5. The maximum absolute atomic E-state index is 13.8. The largest absolute Gasteiger partial charge is 0.378 e. The third-order valence-electron chi connectivity index (χ3n) is 5.64. The molecule has 3 rings (SSSR count). The molecule has 116 valence electrons. The predicted octanol–water partition coefficient (Wildman–Crippen LogP) is 3.80. The first-order chi connectivity index (χ1) is 9.32. The minimum absolute atomic E-state index is 0.342. The van der Waals surface area contributed by atoms with Crippen molar-refractivity contribution in [1.82, 2.24) is 4.90 Å². The highest BCUT2D eigenvalue weighted by atomic mass is 19.1. The molecular weight excluding hydrogens is 253 g/mol. The fraction of sp³-hybridized carbons (Fsp3) is 1.00. The van der Waals surface area contributed by atoms with Crippen LogP contribution >= 0.6 is 0 Å². The van der Waals surface area contributed by atoms with Gasteiger partial charge in [-0.3, -0.25) is 0 Å². The molecule has 3 heteroatoms. The molecular formula is C17H30FNO. The van der Waals surface area contributed by atoms with E-state index in [9.17, 15) is 4.39 Å². The maximum Gasteiger partial charge on any atom is 0.109 e. The standard InChI is InChI=1S/C17H30FNO/c1-14(2)20-13-17(4-5-17)12-19-8-6-16(7-9-19)10-15(3,18)11-16/h14H,4-13H2,1-3H3. The topological polar surface area (TPSA) is 12.5 Å². The normalized spacial score (nSPS) is 30.4. The van der Waals surface area contributed by atoms with Crippen LogP contribution < -0.4 is 0 Å². The van der Waals surface area contributed by atoms with Crippen molar-refractivity contribution in [2.24, 2.45) is 10.8 Å². The second-order valence-corrected chi connectivity index (χ2v) is 8.40. The van der Waals surface area contributed by atoms with E-state index >= 15 is 0 Å². The van der Waals surface area contributed by atoms with E-state index < -0.39 is 5.67 Å². The van der Waals surface area contributed by atoms with E-state index in [2.05, 4.69) is 18.7 Å². The maximum atomic E-state index is 13.8. The van der Waals surface area contributed by atoms with E-state index in [1.54, 1.807) is 6.92 Å². The van der Waals surface area contributed by atoms with E-state index in [1.807, 2.05) is 0 Å². The van der Waals surface area contributed by atoms with Crippen LogP contribution in [0.15, 0.2) is 0 Å². The molecule has 2 nitrogen and oxygen atoms in total. The third kappa shape index (κ3) is 3.19. The molecule has 0 amide bonds. The van der Waals surface area contributed by atoms with Crippen molar-refractivity contribution in [2.45, 2.75) is 71.1 Å². The van der Waals surface area contributed by atoms with Gasteiger partial charge in [-0.25, -0.2) is 4.39 Å². The van der Waals surface area contributed by atoms with Crippen LogP contribution in [-0.4, -0.2) is 42.9 Å². The summed E-state index contributed by atoms with van der Waals surface area (Å²) in [5.41, 5.74) is -0.0703. The predicted molar refractivity (Wildman–Crippen MR) is 79.6 cm³/mol. The molecule has 2 saturated carbocycles. The van der Waals surface area contributed by atoms with Crippen LogP contribution in [-0.2, 0) is 4.74 Å². The van der Waals surface area contributed by atoms with Gasteiger partial charge in [0.2, 0.25) is 0 Å². The number of ether oxygens (including phenoxy) is 1. The Kier molecular flexibility index (Phi) is 3.65. The van der Waals surface area contributed by atoms with Crippen LogP contribution in [0.1, 0.15) is 59.3 Å². The first kappa shape index (κ1) is 14.8. The number of likely N-dealkylation sites (tertiary alicyclic amines) is 1. The number of piperidine rings is 1. The summed E-state index contributed by atoms with van der Waals surface area (Å²) in [4.78, 5) is 2.61. The Balaban J connectivity index is 1.43. The summed E-state index contributed by atoms with van der Waals surface area (Å²) in [5.74, 6) is 0. The van der Waals surface area contributed by atoms with Gasteiger partial charge in [-0.2, -0.15) is 0 Å². The van der Waals surface area contributed by atoms with Gasteiger partial charge < -0.3 is 9.64 Å². The molecule has 0 radical (unpaired) electrons. The molecule has 0 aromatic heterocycles. The lowest BCUT2D eigenvalue weighted by Gasteiger charge is -2.54. The lowest BCUT2D eigenvalue weighted by molar-refractivity contribution is -0.0914. The third-order valence-corrected chi connectivity index (χ3v) is 5.64. The molecule has 1 aliphatic heterocycles. The molecule has 3 fully saturated rings. The minimum Gasteiger partial charge on any atom is -0.378 e. The lowest BCUT2D eigenvalue weighted by Crippen LogP contribution is -2.53. The average Bonchev–Trinajstić information content (AvgIpc) is 3.08.